The molecule has 19 heavy (non-hydrogen) atoms. The van der Waals surface area contributed by atoms with E-state index in [4.69, 9.17) is 4.74 Å². The zero-order valence-electron chi connectivity index (χ0n) is 12.1. The van der Waals surface area contributed by atoms with E-state index in [0.717, 1.165) is 51.3 Å². The Morgan fingerprint density at radius 3 is 3.11 bits per heavy atom. The highest BCUT2D eigenvalue weighted by molar-refractivity contribution is 5.25. The molecule has 1 aliphatic rings. The molecule has 1 aromatic rings. The van der Waals surface area contributed by atoms with Gasteiger partial charge in [0.2, 0.25) is 5.95 Å². The molecule has 5 nitrogen and oxygen atoms in total. The predicted octanol–water partition coefficient (Wildman–Crippen LogP) is 1.82. The van der Waals surface area contributed by atoms with E-state index in [1.807, 2.05) is 19.3 Å². The molecular formula is C14H26N4O. The van der Waals surface area contributed by atoms with Gasteiger partial charge in [0.25, 0.3) is 0 Å². The largest absolute Gasteiger partial charge is 0.382 e. The van der Waals surface area contributed by atoms with Crippen molar-refractivity contribution >= 4 is 5.95 Å². The number of anilines is 1. The van der Waals surface area contributed by atoms with Crippen molar-refractivity contribution in [3.8, 4) is 0 Å². The lowest BCUT2D eigenvalue weighted by atomic mass is 10.4. The van der Waals surface area contributed by atoms with Crippen molar-refractivity contribution < 1.29 is 4.74 Å². The fourth-order valence-electron chi connectivity index (χ4n) is 2.14. The van der Waals surface area contributed by atoms with E-state index in [2.05, 4.69) is 26.8 Å². The highest BCUT2D eigenvalue weighted by Crippen LogP contribution is 2.25. The normalized spacial score (nSPS) is 15.1. The first-order valence-corrected chi connectivity index (χ1v) is 7.34. The molecule has 0 aromatic carbocycles. The van der Waals surface area contributed by atoms with Crippen LogP contribution in [0.1, 0.15) is 26.2 Å². The first kappa shape index (κ1) is 14.3. The van der Waals surface area contributed by atoms with E-state index in [-0.39, 0.29) is 0 Å². The molecule has 1 saturated carbocycles. The molecule has 0 radical (unpaired) electrons. The Kier molecular flexibility index (Phi) is 5.66. The van der Waals surface area contributed by atoms with Gasteiger partial charge in [-0.2, -0.15) is 0 Å². The molecule has 5 heteroatoms. The lowest BCUT2D eigenvalue weighted by Gasteiger charge is -2.17. The molecule has 2 rings (SSSR count). The van der Waals surface area contributed by atoms with Gasteiger partial charge < -0.3 is 19.5 Å². The predicted molar refractivity (Wildman–Crippen MR) is 77.5 cm³/mol. The Bertz CT molecular complexity index is 362. The number of nitrogens with zero attached hydrogens (tertiary/aromatic N) is 3. The lowest BCUT2D eigenvalue weighted by Crippen LogP contribution is -2.25. The highest BCUT2D eigenvalue weighted by atomic mass is 16.5. The Balaban J connectivity index is 1.67. The Morgan fingerprint density at radius 2 is 2.37 bits per heavy atom. The second kappa shape index (κ2) is 7.50. The molecule has 0 amide bonds. The van der Waals surface area contributed by atoms with Gasteiger partial charge in [-0.25, -0.2) is 4.98 Å². The highest BCUT2D eigenvalue weighted by Gasteiger charge is 2.25. The van der Waals surface area contributed by atoms with Crippen LogP contribution < -0.4 is 5.32 Å². The van der Waals surface area contributed by atoms with Crippen molar-refractivity contribution in [1.29, 1.82) is 0 Å². The molecule has 1 aromatic heterocycles. The summed E-state index contributed by atoms with van der Waals surface area (Å²) in [7, 11) is 2.21. The van der Waals surface area contributed by atoms with Gasteiger partial charge in [-0.05, 0) is 33.2 Å². The zero-order valence-corrected chi connectivity index (χ0v) is 12.1. The minimum Gasteiger partial charge on any atom is -0.382 e. The van der Waals surface area contributed by atoms with Gasteiger partial charge in [-0.3, -0.25) is 0 Å². The summed E-state index contributed by atoms with van der Waals surface area (Å²) in [6, 6.07) is 0.825. The fraction of sp³-hybridized carbons (Fsp3) is 0.786. The smallest absolute Gasteiger partial charge is 0.202 e. The number of ether oxygens (including phenoxy) is 1. The number of nitrogens with one attached hydrogen (secondary N) is 1. The zero-order chi connectivity index (χ0) is 13.5. The third-order valence-electron chi connectivity index (χ3n) is 3.53. The maximum atomic E-state index is 5.32. The molecule has 0 spiro atoms. The molecule has 0 bridgehead atoms. The molecule has 108 valence electrons. The van der Waals surface area contributed by atoms with Crippen molar-refractivity contribution in [2.45, 2.75) is 38.8 Å². The molecule has 1 aliphatic carbocycles. The fourth-order valence-corrected chi connectivity index (χ4v) is 2.14. The van der Waals surface area contributed by atoms with Crippen LogP contribution in [-0.4, -0.2) is 53.8 Å². The Hall–Kier alpha value is -1.07. The second-order valence-electron chi connectivity index (χ2n) is 5.13. The number of hydrogen-bond donors (Lipinski definition) is 1. The Morgan fingerprint density at radius 1 is 1.53 bits per heavy atom. The lowest BCUT2D eigenvalue weighted by molar-refractivity contribution is 0.147. The SMILES string of the molecule is CCOCCCNc1nccn1CCN(C)C1CC1. The third-order valence-corrected chi connectivity index (χ3v) is 3.53. The molecule has 0 saturated heterocycles. The van der Waals surface area contributed by atoms with Crippen molar-refractivity contribution in [2.75, 3.05) is 38.7 Å². The summed E-state index contributed by atoms with van der Waals surface area (Å²) in [5.41, 5.74) is 0. The number of imidazole rings is 1. The van der Waals surface area contributed by atoms with Crippen LogP contribution in [0.4, 0.5) is 5.95 Å². The quantitative estimate of drug-likeness (QED) is 0.656. The van der Waals surface area contributed by atoms with Crippen LogP contribution >= 0.6 is 0 Å². The van der Waals surface area contributed by atoms with E-state index < -0.39 is 0 Å². The van der Waals surface area contributed by atoms with Crippen LogP contribution in [0.15, 0.2) is 12.4 Å². The van der Waals surface area contributed by atoms with Crippen molar-refractivity contribution in [1.82, 2.24) is 14.5 Å². The van der Waals surface area contributed by atoms with Crippen LogP contribution in [0.25, 0.3) is 0 Å². The molecule has 0 aliphatic heterocycles. The minimum absolute atomic E-state index is 0.794. The first-order valence-electron chi connectivity index (χ1n) is 7.34. The summed E-state index contributed by atoms with van der Waals surface area (Å²) in [6.07, 6.45) is 7.65. The number of hydrogen-bond acceptors (Lipinski definition) is 4. The second-order valence-corrected chi connectivity index (χ2v) is 5.13. The number of rotatable bonds is 10. The summed E-state index contributed by atoms with van der Waals surface area (Å²) >= 11 is 0. The van der Waals surface area contributed by atoms with Crippen molar-refractivity contribution in [3.63, 3.8) is 0 Å². The van der Waals surface area contributed by atoms with Crippen LogP contribution in [-0.2, 0) is 11.3 Å². The van der Waals surface area contributed by atoms with E-state index in [0.29, 0.717) is 0 Å². The van der Waals surface area contributed by atoms with Gasteiger partial charge in [0, 0.05) is 51.3 Å². The summed E-state index contributed by atoms with van der Waals surface area (Å²) < 4.78 is 7.52. The van der Waals surface area contributed by atoms with E-state index in [1.54, 1.807) is 0 Å². The number of likely N-dealkylation sites (N-methyl/N-ethyl adjacent to an activating group) is 1. The standard InChI is InChI=1S/C14H26N4O/c1-3-19-12-4-7-15-14-16-8-9-18(14)11-10-17(2)13-5-6-13/h8-9,13H,3-7,10-12H2,1-2H3,(H,15,16). The first-order chi connectivity index (χ1) is 9.31. The van der Waals surface area contributed by atoms with E-state index in [1.165, 1.54) is 12.8 Å². The average Bonchev–Trinajstić information content (AvgIpc) is 3.17. The van der Waals surface area contributed by atoms with Gasteiger partial charge in [-0.1, -0.05) is 0 Å². The topological polar surface area (TPSA) is 42.3 Å². The summed E-state index contributed by atoms with van der Waals surface area (Å²) in [4.78, 5) is 6.81. The van der Waals surface area contributed by atoms with Crippen LogP contribution in [0.3, 0.4) is 0 Å². The molecule has 1 fully saturated rings. The van der Waals surface area contributed by atoms with Crippen molar-refractivity contribution in [3.05, 3.63) is 12.4 Å². The maximum Gasteiger partial charge on any atom is 0.202 e. The van der Waals surface area contributed by atoms with Gasteiger partial charge in [0.1, 0.15) is 0 Å². The summed E-state index contributed by atoms with van der Waals surface area (Å²) in [5, 5.41) is 3.37. The average molecular weight is 266 g/mol. The summed E-state index contributed by atoms with van der Waals surface area (Å²) in [5.74, 6) is 0.973. The molecule has 0 unspecified atom stereocenters. The Labute approximate surface area is 116 Å². The van der Waals surface area contributed by atoms with Crippen LogP contribution in [0.2, 0.25) is 0 Å². The van der Waals surface area contributed by atoms with Gasteiger partial charge in [-0.15, -0.1) is 0 Å². The molecule has 1 heterocycles. The molecular weight excluding hydrogens is 240 g/mol. The number of aromatic nitrogens is 2. The minimum atomic E-state index is 0.794. The van der Waals surface area contributed by atoms with Gasteiger partial charge >= 0.3 is 0 Å². The monoisotopic (exact) mass is 266 g/mol. The molecule has 1 N–H and O–H groups in total. The maximum absolute atomic E-state index is 5.32. The summed E-state index contributed by atoms with van der Waals surface area (Å²) in [6.45, 7) is 6.64. The van der Waals surface area contributed by atoms with Gasteiger partial charge in [0.05, 0.1) is 0 Å². The van der Waals surface area contributed by atoms with Crippen LogP contribution in [0, 0.1) is 0 Å². The molecule has 0 atom stereocenters. The van der Waals surface area contributed by atoms with Crippen molar-refractivity contribution in [2.24, 2.45) is 0 Å². The van der Waals surface area contributed by atoms with Gasteiger partial charge in [0.15, 0.2) is 0 Å². The van der Waals surface area contributed by atoms with Crippen LogP contribution in [0.5, 0.6) is 0 Å². The van der Waals surface area contributed by atoms with E-state index >= 15 is 0 Å². The third kappa shape index (κ3) is 4.84. The van der Waals surface area contributed by atoms with E-state index in [9.17, 15) is 0 Å².